The van der Waals surface area contributed by atoms with E-state index in [0.29, 0.717) is 5.02 Å². The summed E-state index contributed by atoms with van der Waals surface area (Å²) in [6.07, 6.45) is 10.2. The molecule has 1 aromatic carbocycles. The van der Waals surface area contributed by atoms with Crippen molar-refractivity contribution in [2.75, 3.05) is 0 Å². The van der Waals surface area contributed by atoms with Crippen LogP contribution in [0.25, 0.3) is 0 Å². The zero-order chi connectivity index (χ0) is 14.4. The maximum Gasteiger partial charge on any atom is 0.0453 e. The normalized spacial score (nSPS) is 18.1. The first-order valence-corrected chi connectivity index (χ1v) is 8.34. The van der Waals surface area contributed by atoms with Crippen molar-refractivity contribution >= 4 is 23.2 Å². The summed E-state index contributed by atoms with van der Waals surface area (Å²) in [4.78, 5) is 0. The summed E-state index contributed by atoms with van der Waals surface area (Å²) in [5.41, 5.74) is 4.05. The molecule has 1 atom stereocenters. The lowest BCUT2D eigenvalue weighted by molar-refractivity contribution is 0.313. The largest absolute Gasteiger partial charge is 0.271 e. The van der Waals surface area contributed by atoms with Gasteiger partial charge in [-0.15, -0.1) is 0 Å². The van der Waals surface area contributed by atoms with Crippen LogP contribution < -0.4 is 11.3 Å². The fourth-order valence-electron chi connectivity index (χ4n) is 3.11. The molecule has 2 rings (SSSR count). The van der Waals surface area contributed by atoms with Crippen molar-refractivity contribution in [1.82, 2.24) is 5.43 Å². The van der Waals surface area contributed by atoms with Crippen LogP contribution in [0.4, 0.5) is 0 Å². The van der Waals surface area contributed by atoms with E-state index in [1.54, 1.807) is 6.07 Å². The summed E-state index contributed by atoms with van der Waals surface area (Å²) < 4.78 is 0. The van der Waals surface area contributed by atoms with Gasteiger partial charge in [-0.1, -0.05) is 61.4 Å². The quantitative estimate of drug-likeness (QED) is 0.588. The Labute approximate surface area is 132 Å². The molecule has 2 nitrogen and oxygen atoms in total. The number of halogens is 2. The lowest BCUT2D eigenvalue weighted by Gasteiger charge is -2.24. The van der Waals surface area contributed by atoms with Crippen LogP contribution in [0.1, 0.15) is 50.5 Å². The summed E-state index contributed by atoms with van der Waals surface area (Å²) >= 11 is 12.2. The van der Waals surface area contributed by atoms with Crippen LogP contribution in [-0.2, 0) is 6.42 Å². The summed E-state index contributed by atoms with van der Waals surface area (Å²) in [6, 6.07) is 5.97. The minimum Gasteiger partial charge on any atom is -0.271 e. The Hall–Kier alpha value is -0.280. The van der Waals surface area contributed by atoms with Crippen molar-refractivity contribution in [3.8, 4) is 0 Å². The molecule has 1 unspecified atom stereocenters. The highest BCUT2D eigenvalue weighted by Crippen LogP contribution is 2.28. The minimum absolute atomic E-state index is 0.288. The molecule has 1 aliphatic rings. The molecule has 1 saturated carbocycles. The maximum absolute atomic E-state index is 6.23. The Balaban J connectivity index is 1.84. The molecule has 1 aliphatic carbocycles. The molecule has 0 radical (unpaired) electrons. The Bertz CT molecular complexity index is 417. The predicted octanol–water partition coefficient (Wildman–Crippen LogP) is 4.73. The van der Waals surface area contributed by atoms with E-state index in [4.69, 9.17) is 29.0 Å². The third-order valence-corrected chi connectivity index (χ3v) is 4.95. The first-order valence-electron chi connectivity index (χ1n) is 7.59. The van der Waals surface area contributed by atoms with Crippen LogP contribution in [0.2, 0.25) is 10.0 Å². The van der Waals surface area contributed by atoms with Gasteiger partial charge in [0.2, 0.25) is 0 Å². The van der Waals surface area contributed by atoms with E-state index >= 15 is 0 Å². The van der Waals surface area contributed by atoms with Gasteiger partial charge in [0.15, 0.2) is 0 Å². The zero-order valence-corrected chi connectivity index (χ0v) is 13.4. The van der Waals surface area contributed by atoms with E-state index < -0.39 is 0 Å². The SMILES string of the molecule is NNC(CCC1CCCCC1)Cc1ccc(Cl)cc1Cl. The molecule has 0 aromatic heterocycles. The van der Waals surface area contributed by atoms with Crippen LogP contribution in [-0.4, -0.2) is 6.04 Å². The molecule has 0 amide bonds. The lowest BCUT2D eigenvalue weighted by Crippen LogP contribution is -2.37. The zero-order valence-electron chi connectivity index (χ0n) is 11.9. The molecule has 112 valence electrons. The molecule has 1 aromatic rings. The predicted molar refractivity (Wildman–Crippen MR) is 87.1 cm³/mol. The monoisotopic (exact) mass is 314 g/mol. The topological polar surface area (TPSA) is 38.0 Å². The molecule has 1 fully saturated rings. The maximum atomic E-state index is 6.23. The number of rotatable bonds is 6. The number of hydrazine groups is 1. The van der Waals surface area contributed by atoms with Crippen LogP contribution in [0.5, 0.6) is 0 Å². The Morgan fingerprint density at radius 1 is 1.20 bits per heavy atom. The van der Waals surface area contributed by atoms with Gasteiger partial charge in [-0.3, -0.25) is 11.3 Å². The molecular weight excluding hydrogens is 291 g/mol. The van der Waals surface area contributed by atoms with Crippen molar-refractivity contribution in [2.24, 2.45) is 11.8 Å². The van der Waals surface area contributed by atoms with Gasteiger partial charge in [-0.05, 0) is 42.9 Å². The number of nitrogens with two attached hydrogens (primary N) is 1. The third-order valence-electron chi connectivity index (χ3n) is 4.37. The number of hydrogen-bond acceptors (Lipinski definition) is 2. The van der Waals surface area contributed by atoms with Gasteiger partial charge in [-0.2, -0.15) is 0 Å². The number of benzene rings is 1. The van der Waals surface area contributed by atoms with Gasteiger partial charge in [-0.25, -0.2) is 0 Å². The Morgan fingerprint density at radius 2 is 1.95 bits per heavy atom. The highest BCUT2D eigenvalue weighted by Gasteiger charge is 2.16. The van der Waals surface area contributed by atoms with Gasteiger partial charge in [0.25, 0.3) is 0 Å². The highest BCUT2D eigenvalue weighted by molar-refractivity contribution is 6.35. The second kappa shape index (κ2) is 8.23. The van der Waals surface area contributed by atoms with E-state index in [2.05, 4.69) is 5.43 Å². The average molecular weight is 315 g/mol. The van der Waals surface area contributed by atoms with E-state index in [0.717, 1.165) is 29.3 Å². The van der Waals surface area contributed by atoms with Crippen molar-refractivity contribution in [3.63, 3.8) is 0 Å². The summed E-state index contributed by atoms with van der Waals surface area (Å²) in [6.45, 7) is 0. The van der Waals surface area contributed by atoms with Crippen molar-refractivity contribution in [3.05, 3.63) is 33.8 Å². The van der Waals surface area contributed by atoms with Gasteiger partial charge in [0.1, 0.15) is 0 Å². The molecule has 20 heavy (non-hydrogen) atoms. The van der Waals surface area contributed by atoms with Gasteiger partial charge in [0.05, 0.1) is 0 Å². The van der Waals surface area contributed by atoms with Crippen LogP contribution in [0, 0.1) is 5.92 Å². The molecule has 3 N–H and O–H groups in total. The fourth-order valence-corrected chi connectivity index (χ4v) is 3.60. The smallest absolute Gasteiger partial charge is 0.0453 e. The van der Waals surface area contributed by atoms with E-state index in [1.165, 1.54) is 38.5 Å². The summed E-state index contributed by atoms with van der Waals surface area (Å²) in [5.74, 6) is 6.59. The Morgan fingerprint density at radius 3 is 2.60 bits per heavy atom. The van der Waals surface area contributed by atoms with Gasteiger partial charge < -0.3 is 0 Å². The van der Waals surface area contributed by atoms with Crippen LogP contribution >= 0.6 is 23.2 Å². The van der Waals surface area contributed by atoms with Crippen molar-refractivity contribution < 1.29 is 0 Å². The second-order valence-corrected chi connectivity index (χ2v) is 6.73. The standard InChI is InChI=1S/C16H24Cl2N2/c17-14-8-7-13(16(18)11-14)10-15(20-19)9-6-12-4-2-1-3-5-12/h7-8,11-12,15,20H,1-6,9-10,19H2. The van der Waals surface area contributed by atoms with Crippen molar-refractivity contribution in [2.45, 2.75) is 57.4 Å². The molecule has 0 bridgehead atoms. The molecule has 4 heteroatoms. The van der Waals surface area contributed by atoms with Crippen molar-refractivity contribution in [1.29, 1.82) is 0 Å². The lowest BCUT2D eigenvalue weighted by atomic mass is 9.84. The number of hydrogen-bond donors (Lipinski definition) is 2. The summed E-state index contributed by atoms with van der Waals surface area (Å²) in [7, 11) is 0. The highest BCUT2D eigenvalue weighted by atomic mass is 35.5. The van der Waals surface area contributed by atoms with E-state index in [-0.39, 0.29) is 6.04 Å². The summed E-state index contributed by atoms with van der Waals surface area (Å²) in [5, 5.41) is 1.41. The van der Waals surface area contributed by atoms with E-state index in [9.17, 15) is 0 Å². The third kappa shape index (κ3) is 4.92. The molecule has 0 heterocycles. The number of nitrogens with one attached hydrogen (secondary N) is 1. The first kappa shape index (κ1) is 16.1. The average Bonchev–Trinajstić information content (AvgIpc) is 2.46. The molecule has 0 aliphatic heterocycles. The Kier molecular flexibility index (Phi) is 6.63. The fraction of sp³-hybridized carbons (Fsp3) is 0.625. The minimum atomic E-state index is 0.288. The molecule has 0 saturated heterocycles. The first-order chi connectivity index (χ1) is 9.69. The molecule has 0 spiro atoms. The molecular formula is C16H24Cl2N2. The van der Waals surface area contributed by atoms with Gasteiger partial charge >= 0.3 is 0 Å². The second-order valence-electron chi connectivity index (χ2n) is 5.88. The van der Waals surface area contributed by atoms with Crippen LogP contribution in [0.3, 0.4) is 0 Å². The van der Waals surface area contributed by atoms with Crippen LogP contribution in [0.15, 0.2) is 18.2 Å². The van der Waals surface area contributed by atoms with Gasteiger partial charge in [0, 0.05) is 16.1 Å². The van der Waals surface area contributed by atoms with E-state index in [1.807, 2.05) is 12.1 Å².